The van der Waals surface area contributed by atoms with E-state index in [-0.39, 0.29) is 18.3 Å². The van der Waals surface area contributed by atoms with Gasteiger partial charge in [0.25, 0.3) is 0 Å². The lowest BCUT2D eigenvalue weighted by Crippen LogP contribution is -2.41. The van der Waals surface area contributed by atoms with Crippen LogP contribution >= 0.6 is 0 Å². The molecule has 4 heteroatoms. The zero-order valence-electron chi connectivity index (χ0n) is 16.2. The molecule has 0 amide bonds. The zero-order valence-corrected chi connectivity index (χ0v) is 17.4. The van der Waals surface area contributed by atoms with Crippen molar-refractivity contribution in [3.63, 3.8) is 0 Å². The van der Waals surface area contributed by atoms with Gasteiger partial charge in [0.05, 0.1) is 11.2 Å². The first kappa shape index (κ1) is 18.4. The van der Waals surface area contributed by atoms with Gasteiger partial charge in [0.1, 0.15) is 0 Å². The molecule has 1 fully saturated rings. The zero-order chi connectivity index (χ0) is 18.2. The second kappa shape index (κ2) is 6.75. The Hall–Kier alpha value is -1.36. The molecule has 1 atom stereocenters. The highest BCUT2D eigenvalue weighted by Gasteiger charge is 2.52. The average Bonchev–Trinajstić information content (AvgIpc) is 2.77. The second-order valence-corrected chi connectivity index (χ2v) is 11.5. The lowest BCUT2D eigenvalue weighted by atomic mass is 9.74. The highest BCUT2D eigenvalue weighted by molar-refractivity contribution is 6.64. The lowest BCUT2D eigenvalue weighted by Gasteiger charge is -2.32. The van der Waals surface area contributed by atoms with Crippen LogP contribution < -0.4 is 5.46 Å². The lowest BCUT2D eigenvalue weighted by molar-refractivity contribution is 0.00578. The van der Waals surface area contributed by atoms with Crippen molar-refractivity contribution in [1.82, 2.24) is 0 Å². The van der Waals surface area contributed by atoms with Crippen LogP contribution in [-0.2, 0) is 9.31 Å². The van der Waals surface area contributed by atoms with Crippen LogP contribution in [0.3, 0.4) is 0 Å². The van der Waals surface area contributed by atoms with E-state index in [0.717, 1.165) is 0 Å². The van der Waals surface area contributed by atoms with E-state index in [0.29, 0.717) is 5.54 Å². The van der Waals surface area contributed by atoms with Crippen molar-refractivity contribution in [2.75, 3.05) is 0 Å². The molecule has 0 saturated carbocycles. The van der Waals surface area contributed by atoms with E-state index in [1.807, 2.05) is 0 Å². The summed E-state index contributed by atoms with van der Waals surface area (Å²) in [5.41, 5.74) is 3.75. The number of hydrogen-bond acceptors (Lipinski definition) is 2. The Morgan fingerprint density at radius 3 is 1.88 bits per heavy atom. The maximum absolute atomic E-state index is 6.35. The highest BCUT2D eigenvalue weighted by Crippen LogP contribution is 2.37. The Bertz CT molecular complexity index is 712. The van der Waals surface area contributed by atoms with E-state index in [2.05, 4.69) is 95.4 Å². The number of rotatable bonds is 4. The molecule has 2 nitrogen and oxygen atoms in total. The maximum atomic E-state index is 6.35. The van der Waals surface area contributed by atoms with Gasteiger partial charge in [-0.15, -0.1) is 0 Å². The van der Waals surface area contributed by atoms with Crippen LogP contribution in [0.15, 0.2) is 54.6 Å². The van der Waals surface area contributed by atoms with E-state index in [1.165, 1.54) is 16.6 Å². The third-order valence-electron chi connectivity index (χ3n) is 5.66. The van der Waals surface area contributed by atoms with Crippen molar-refractivity contribution in [1.29, 1.82) is 0 Å². The fraction of sp³-hybridized carbons (Fsp3) is 0.429. The van der Waals surface area contributed by atoms with Crippen LogP contribution in [0.5, 0.6) is 0 Å². The topological polar surface area (TPSA) is 18.5 Å². The number of hydrogen-bond donors (Lipinski definition) is 0. The van der Waals surface area contributed by atoms with Crippen LogP contribution in [0.1, 0.15) is 44.4 Å². The first-order chi connectivity index (χ1) is 11.7. The fourth-order valence-electron chi connectivity index (χ4n) is 3.56. The predicted molar refractivity (Wildman–Crippen MR) is 109 cm³/mol. The molecule has 0 unspecified atom stereocenters. The first-order valence-corrected chi connectivity index (χ1v) is 12.2. The minimum Gasteiger partial charge on any atom is -0.399 e. The Kier molecular flexibility index (Phi) is 4.98. The highest BCUT2D eigenvalue weighted by atomic mass is 28.3. The van der Waals surface area contributed by atoms with Crippen molar-refractivity contribution in [2.24, 2.45) is 0 Å². The molecule has 0 N–H and O–H groups in total. The van der Waals surface area contributed by atoms with Gasteiger partial charge in [0.2, 0.25) is 0 Å². The maximum Gasteiger partial charge on any atom is 0.495 e. The van der Waals surface area contributed by atoms with Crippen LogP contribution in [0.2, 0.25) is 13.1 Å². The molecule has 0 radical (unpaired) electrons. The van der Waals surface area contributed by atoms with Gasteiger partial charge >= 0.3 is 7.12 Å². The van der Waals surface area contributed by atoms with E-state index in [9.17, 15) is 0 Å². The van der Waals surface area contributed by atoms with Gasteiger partial charge in [-0.2, -0.15) is 0 Å². The average molecular weight is 352 g/mol. The van der Waals surface area contributed by atoms with Crippen LogP contribution in [-0.4, -0.2) is 27.1 Å². The molecule has 1 aliphatic heterocycles. The largest absolute Gasteiger partial charge is 0.495 e. The summed E-state index contributed by atoms with van der Waals surface area (Å²) in [5, 5.41) is 0. The molecule has 1 heterocycles. The van der Waals surface area contributed by atoms with Gasteiger partial charge in [-0.1, -0.05) is 67.7 Å². The minimum atomic E-state index is -0.987. The molecule has 25 heavy (non-hydrogen) atoms. The fourth-order valence-corrected chi connectivity index (χ4v) is 5.58. The summed E-state index contributed by atoms with van der Waals surface area (Å²) in [6, 6.07) is 19.5. The molecule has 2 aromatic rings. The normalized spacial score (nSPS) is 20.0. The molecule has 3 rings (SSSR count). The first-order valence-electron chi connectivity index (χ1n) is 9.22. The number of benzene rings is 2. The Morgan fingerprint density at radius 2 is 1.32 bits per heavy atom. The van der Waals surface area contributed by atoms with Crippen molar-refractivity contribution in [2.45, 2.75) is 57.5 Å². The smallest absolute Gasteiger partial charge is 0.399 e. The van der Waals surface area contributed by atoms with Gasteiger partial charge < -0.3 is 9.31 Å². The summed E-state index contributed by atoms with van der Waals surface area (Å²) in [4.78, 5) is 0. The molecule has 0 spiro atoms. The van der Waals surface area contributed by atoms with E-state index in [1.54, 1.807) is 0 Å². The van der Waals surface area contributed by atoms with Gasteiger partial charge in [0, 0.05) is 8.80 Å². The van der Waals surface area contributed by atoms with Crippen molar-refractivity contribution < 1.29 is 9.31 Å². The summed E-state index contributed by atoms with van der Waals surface area (Å²) in [6.07, 6.45) is 0. The second-order valence-electron chi connectivity index (χ2n) is 8.35. The van der Waals surface area contributed by atoms with Gasteiger partial charge in [-0.25, -0.2) is 0 Å². The summed E-state index contributed by atoms with van der Waals surface area (Å²) < 4.78 is 12.7. The summed E-state index contributed by atoms with van der Waals surface area (Å²) in [5.74, 6) is 0. The van der Waals surface area contributed by atoms with Gasteiger partial charge in [0.15, 0.2) is 0 Å². The molecule has 0 bridgehead atoms. The van der Waals surface area contributed by atoms with Crippen molar-refractivity contribution in [3.05, 3.63) is 65.7 Å². The van der Waals surface area contributed by atoms with Crippen molar-refractivity contribution in [3.8, 4) is 0 Å². The predicted octanol–water partition coefficient (Wildman–Crippen LogP) is 4.14. The summed E-state index contributed by atoms with van der Waals surface area (Å²) >= 11 is 0. The third-order valence-corrected chi connectivity index (χ3v) is 7.74. The third kappa shape index (κ3) is 3.48. The van der Waals surface area contributed by atoms with Gasteiger partial charge in [-0.3, -0.25) is 0 Å². The molecule has 2 aromatic carbocycles. The molecular weight excluding hydrogens is 323 g/mol. The van der Waals surface area contributed by atoms with Crippen LogP contribution in [0.25, 0.3) is 0 Å². The molecule has 1 saturated heterocycles. The van der Waals surface area contributed by atoms with Gasteiger partial charge in [-0.05, 0) is 49.8 Å². The molecule has 132 valence electrons. The standard InChI is InChI=1S/C21H29BO2Si/c1-20(2)21(3,4)24-22(23-20)18-15-11-10-14-17(18)19(25(5)6)16-12-8-7-9-13-16/h7-15,19,25H,1-6H3/t19-/m1/s1. The van der Waals surface area contributed by atoms with Crippen molar-refractivity contribution >= 4 is 21.4 Å². The van der Waals surface area contributed by atoms with E-state index in [4.69, 9.17) is 9.31 Å². The molecule has 0 aliphatic carbocycles. The quantitative estimate of drug-likeness (QED) is 0.770. The SMILES string of the molecule is C[SiH](C)[C@H](c1ccccc1)c1ccccc1B1OC(C)(C)C(C)(C)O1. The Labute approximate surface area is 154 Å². The van der Waals surface area contributed by atoms with E-state index < -0.39 is 8.80 Å². The van der Waals surface area contributed by atoms with Crippen LogP contribution in [0.4, 0.5) is 0 Å². The monoisotopic (exact) mass is 352 g/mol. The molecule has 0 aromatic heterocycles. The summed E-state index contributed by atoms with van der Waals surface area (Å²) in [7, 11) is -1.29. The molecular formula is C21H29BO2Si. The summed E-state index contributed by atoms with van der Waals surface area (Å²) in [6.45, 7) is 13.3. The molecule has 1 aliphatic rings. The Balaban J connectivity index is 2.04. The minimum absolute atomic E-state index is 0.305. The van der Waals surface area contributed by atoms with Crippen LogP contribution in [0, 0.1) is 0 Å². The van der Waals surface area contributed by atoms with E-state index >= 15 is 0 Å². The Morgan fingerprint density at radius 1 is 0.800 bits per heavy atom.